The predicted octanol–water partition coefficient (Wildman–Crippen LogP) is -7.78. The molecule has 0 aromatic carbocycles. The smallest absolute Gasteiger partial charge is 0.326 e. The van der Waals surface area contributed by atoms with E-state index in [4.69, 9.17) is 35.5 Å². The number of carboxylic acids is 2. The molecule has 2 saturated heterocycles. The molecular weight excluding hydrogens is 876 g/mol. The van der Waals surface area contributed by atoms with Crippen molar-refractivity contribution in [1.29, 1.82) is 0 Å². The highest BCUT2D eigenvalue weighted by molar-refractivity contribution is 5.92. The minimum atomic E-state index is -1.88. The highest BCUT2D eigenvalue weighted by Crippen LogP contribution is 2.31. The Balaban J connectivity index is 2.10. The van der Waals surface area contributed by atoms with Crippen LogP contribution in [0.4, 0.5) is 0 Å². The lowest BCUT2D eigenvalue weighted by molar-refractivity contribution is -0.333. The van der Waals surface area contributed by atoms with Gasteiger partial charge < -0.3 is 98.1 Å². The zero-order chi connectivity index (χ0) is 49.3. The lowest BCUT2D eigenvalue weighted by Crippen LogP contribution is -2.70. The van der Waals surface area contributed by atoms with E-state index >= 15 is 0 Å². The number of rotatable bonds is 26. The van der Waals surface area contributed by atoms with Gasteiger partial charge in [0.05, 0.1) is 25.7 Å². The van der Waals surface area contributed by atoms with Gasteiger partial charge in [-0.2, -0.15) is 0 Å². The Kier molecular flexibility index (Phi) is 23.0. The van der Waals surface area contributed by atoms with Gasteiger partial charge in [0.25, 0.3) is 0 Å². The summed E-state index contributed by atoms with van der Waals surface area (Å²) >= 11 is 0. The summed E-state index contributed by atoms with van der Waals surface area (Å²) in [4.78, 5) is 110. The number of amides is 7. The summed E-state index contributed by atoms with van der Waals surface area (Å²) in [5, 5.41) is 84.5. The lowest BCUT2D eigenvalue weighted by atomic mass is 9.94. The first-order valence-corrected chi connectivity index (χ1v) is 20.5. The van der Waals surface area contributed by atoms with Crippen molar-refractivity contribution in [1.82, 2.24) is 31.9 Å². The number of carboxylic acid groups (broad SMARTS) is 2. The summed E-state index contributed by atoms with van der Waals surface area (Å²) in [7, 11) is 0. The van der Waals surface area contributed by atoms with Crippen LogP contribution in [0.25, 0.3) is 0 Å². The van der Waals surface area contributed by atoms with E-state index in [2.05, 4.69) is 31.9 Å². The highest BCUT2D eigenvalue weighted by Gasteiger charge is 2.53. The van der Waals surface area contributed by atoms with Crippen LogP contribution >= 0.6 is 0 Å². The monoisotopic (exact) mass is 938 g/mol. The van der Waals surface area contributed by atoms with Gasteiger partial charge in [-0.3, -0.25) is 38.4 Å². The fourth-order valence-electron chi connectivity index (χ4n) is 6.70. The molecule has 0 spiro atoms. The second-order valence-corrected chi connectivity index (χ2v) is 15.4. The molecule has 2 aliphatic rings. The number of ether oxygens (including phenoxy) is 4. The number of carbonyl (C=O) groups is 9. The minimum absolute atomic E-state index is 0.0576. The van der Waals surface area contributed by atoms with Crippen molar-refractivity contribution in [2.75, 3.05) is 19.8 Å². The van der Waals surface area contributed by atoms with Crippen molar-refractivity contribution in [3.8, 4) is 0 Å². The van der Waals surface area contributed by atoms with Gasteiger partial charge in [-0.1, -0.05) is 0 Å². The van der Waals surface area contributed by atoms with Crippen LogP contribution < -0.4 is 43.4 Å². The Morgan fingerprint density at radius 3 is 1.89 bits per heavy atom. The first kappa shape index (κ1) is 56.0. The molecule has 370 valence electrons. The van der Waals surface area contributed by atoms with Crippen LogP contribution in [-0.4, -0.2) is 200 Å². The highest BCUT2D eigenvalue weighted by atomic mass is 16.7. The first-order valence-electron chi connectivity index (χ1n) is 20.5. The Labute approximate surface area is 371 Å². The molecule has 0 saturated carbocycles. The van der Waals surface area contributed by atoms with Crippen molar-refractivity contribution in [2.45, 2.75) is 158 Å². The average molecular weight is 939 g/mol. The lowest BCUT2D eigenvalue weighted by Gasteiger charge is -2.48. The molecule has 15 unspecified atom stereocenters. The van der Waals surface area contributed by atoms with Crippen LogP contribution in [0, 0.1) is 0 Å². The SMILES string of the molecule is CC(=O)NC1C(OC2C(CO)OC(O)C(NC(C)=O)C2OC(C)C(=O)NC(C)C(=O)NC(CCC(=O)NC(CCCCNC(=O)C(N)CC(=O)O)C(=O)O)C(N)=O)OC(CO)C(O)C1O. The van der Waals surface area contributed by atoms with Gasteiger partial charge in [0.15, 0.2) is 12.6 Å². The van der Waals surface area contributed by atoms with E-state index in [1.165, 1.54) is 13.8 Å². The number of nitrogens with two attached hydrogens (primary N) is 2. The summed E-state index contributed by atoms with van der Waals surface area (Å²) < 4.78 is 23.1. The van der Waals surface area contributed by atoms with Crippen LogP contribution in [0.3, 0.4) is 0 Å². The summed E-state index contributed by atoms with van der Waals surface area (Å²) in [6.07, 6.45) is -15.8. The van der Waals surface area contributed by atoms with Gasteiger partial charge in [-0.25, -0.2) is 4.79 Å². The van der Waals surface area contributed by atoms with E-state index in [1.807, 2.05) is 0 Å². The molecule has 2 heterocycles. The minimum Gasteiger partial charge on any atom is -0.481 e. The van der Waals surface area contributed by atoms with Gasteiger partial charge in [-0.15, -0.1) is 0 Å². The maximum absolute atomic E-state index is 13.4. The van der Waals surface area contributed by atoms with Crippen LogP contribution in [0.2, 0.25) is 0 Å². The van der Waals surface area contributed by atoms with Gasteiger partial charge in [0, 0.05) is 26.8 Å². The molecule has 2 aliphatic heterocycles. The number of nitrogens with one attached hydrogen (secondary N) is 6. The number of hydrogen-bond donors (Lipinski definition) is 15. The van der Waals surface area contributed by atoms with Crippen LogP contribution in [0.1, 0.15) is 66.2 Å². The van der Waals surface area contributed by atoms with E-state index in [0.29, 0.717) is 0 Å². The topological polar surface area (TPSA) is 456 Å². The van der Waals surface area contributed by atoms with Gasteiger partial charge in [-0.05, 0) is 39.5 Å². The molecule has 0 bridgehead atoms. The molecule has 28 nitrogen and oxygen atoms in total. The molecule has 15 atom stereocenters. The predicted molar refractivity (Wildman–Crippen MR) is 215 cm³/mol. The van der Waals surface area contributed by atoms with Crippen molar-refractivity contribution in [3.05, 3.63) is 0 Å². The maximum Gasteiger partial charge on any atom is 0.326 e. The number of hydrogen-bond acceptors (Lipinski definition) is 19. The van der Waals surface area contributed by atoms with Gasteiger partial charge in [0.2, 0.25) is 41.4 Å². The summed E-state index contributed by atoms with van der Waals surface area (Å²) in [6.45, 7) is 2.94. The number of aliphatic hydroxyl groups excluding tert-OH is 5. The Morgan fingerprint density at radius 2 is 1.34 bits per heavy atom. The third-order valence-corrected chi connectivity index (χ3v) is 10.1. The van der Waals surface area contributed by atoms with Crippen LogP contribution in [0.15, 0.2) is 0 Å². The average Bonchev–Trinajstić information content (AvgIpc) is 3.22. The Morgan fingerprint density at radius 1 is 0.723 bits per heavy atom. The van der Waals surface area contributed by atoms with Crippen LogP contribution in [-0.2, 0) is 62.1 Å². The number of carbonyl (C=O) groups excluding carboxylic acids is 7. The van der Waals surface area contributed by atoms with E-state index in [0.717, 1.165) is 13.8 Å². The van der Waals surface area contributed by atoms with Crippen molar-refractivity contribution >= 4 is 53.3 Å². The molecule has 0 aliphatic carbocycles. The van der Waals surface area contributed by atoms with E-state index in [1.54, 1.807) is 0 Å². The fraction of sp³-hybridized carbons (Fsp3) is 0.757. The fourth-order valence-corrected chi connectivity index (χ4v) is 6.70. The zero-order valence-corrected chi connectivity index (χ0v) is 36.1. The van der Waals surface area contributed by atoms with Crippen molar-refractivity contribution in [2.24, 2.45) is 11.5 Å². The Bertz CT molecular complexity index is 1680. The summed E-state index contributed by atoms with van der Waals surface area (Å²) in [6, 6.07) is -8.56. The molecular formula is C37H62N8O20. The molecule has 17 N–H and O–H groups in total. The molecule has 7 amide bonds. The van der Waals surface area contributed by atoms with E-state index in [9.17, 15) is 73.8 Å². The van der Waals surface area contributed by atoms with Crippen molar-refractivity contribution < 1.29 is 97.8 Å². The van der Waals surface area contributed by atoms with Gasteiger partial charge in [0.1, 0.15) is 72.9 Å². The Hall–Kier alpha value is -5.17. The quantitative estimate of drug-likeness (QED) is 0.0358. The molecule has 0 radical (unpaired) electrons. The molecule has 2 fully saturated rings. The third kappa shape index (κ3) is 17.6. The molecule has 28 heteroatoms. The zero-order valence-electron chi connectivity index (χ0n) is 36.1. The van der Waals surface area contributed by atoms with E-state index < -0.39 is 177 Å². The summed E-state index contributed by atoms with van der Waals surface area (Å²) in [5.74, 6) is -8.62. The maximum atomic E-state index is 13.4. The molecule has 65 heavy (non-hydrogen) atoms. The second-order valence-electron chi connectivity index (χ2n) is 15.4. The standard InChI is InChI=1S/C37H62N8O20/c1-14(32(56)45-19(31(39)55)8-9-23(50)44-20(35(59)60)7-5-6-10-40-34(58)18(38)11-24(51)52)41-33(57)15(2)62-30-26(43-17(4)49)36(61)63-22(13-47)29(30)65-37-25(42-16(3)48)28(54)27(53)21(12-46)64-37/h14-15,18-22,25-30,36-37,46-47,53-54,61H,5-13,38H2,1-4H3,(H2,39,55)(H,40,58)(H,41,57)(H,42,48)(H,43,49)(H,44,50)(H,45,56)(H,51,52)(H,59,60). The number of aliphatic carboxylic acids is 2. The van der Waals surface area contributed by atoms with Gasteiger partial charge >= 0.3 is 11.9 Å². The largest absolute Gasteiger partial charge is 0.481 e. The number of primary amides is 1. The van der Waals surface area contributed by atoms with Crippen LogP contribution in [0.5, 0.6) is 0 Å². The van der Waals surface area contributed by atoms with Crippen molar-refractivity contribution in [3.63, 3.8) is 0 Å². The van der Waals surface area contributed by atoms with E-state index in [-0.39, 0.29) is 25.8 Å². The number of aliphatic hydroxyl groups is 5. The second kappa shape index (κ2) is 26.7. The number of unbranched alkanes of at least 4 members (excludes halogenated alkanes) is 1. The summed E-state index contributed by atoms with van der Waals surface area (Å²) in [5.41, 5.74) is 10.9. The third-order valence-electron chi connectivity index (χ3n) is 10.1. The molecule has 0 aromatic heterocycles. The normalized spacial score (nSPS) is 27.6. The molecule has 0 aromatic rings. The first-order chi connectivity index (χ1) is 30.4. The molecule has 2 rings (SSSR count).